The van der Waals surface area contributed by atoms with Crippen LogP contribution in [0.5, 0.6) is 5.75 Å². The Kier molecular flexibility index (Phi) is 11.9. The average Bonchev–Trinajstić information content (AvgIpc) is 3.30. The average molecular weight is 451 g/mol. The largest absolute Gasteiger partial charge is 0.492 e. The minimum absolute atomic E-state index is 0.0883. The lowest BCUT2D eigenvalue weighted by molar-refractivity contribution is -0.149. The Morgan fingerprint density at radius 2 is 1.88 bits per heavy atom. The summed E-state index contributed by atoms with van der Waals surface area (Å²) in [5.74, 6) is 0.435. The molecule has 1 atom stereocenters. The summed E-state index contributed by atoms with van der Waals surface area (Å²) in [6, 6.07) is 7.25. The third-order valence-electron chi connectivity index (χ3n) is 5.77. The van der Waals surface area contributed by atoms with Gasteiger partial charge in [0.05, 0.1) is 13.2 Å². The third-order valence-corrected chi connectivity index (χ3v) is 5.77. The Morgan fingerprint density at radius 1 is 1.16 bits per heavy atom. The molecule has 1 aromatic carbocycles. The fourth-order valence-electron chi connectivity index (χ4n) is 3.95. The van der Waals surface area contributed by atoms with Crippen molar-refractivity contribution >= 4 is 12.0 Å². The van der Waals surface area contributed by atoms with Crippen molar-refractivity contribution in [3.63, 3.8) is 0 Å². The lowest BCUT2D eigenvalue weighted by Crippen LogP contribution is -2.44. The summed E-state index contributed by atoms with van der Waals surface area (Å²) in [4.78, 5) is 25.6. The van der Waals surface area contributed by atoms with Crippen molar-refractivity contribution in [3.8, 4) is 5.75 Å². The molecule has 2 N–H and O–H groups in total. The molecule has 1 aliphatic carbocycles. The van der Waals surface area contributed by atoms with Gasteiger partial charge in [0.2, 0.25) is 0 Å². The lowest BCUT2D eigenvalue weighted by Gasteiger charge is -2.24. The Labute approximate surface area is 191 Å². The number of carboxylic acid groups (broad SMARTS) is 1. The van der Waals surface area contributed by atoms with Crippen LogP contribution in [0, 0.1) is 5.92 Å². The summed E-state index contributed by atoms with van der Waals surface area (Å²) in [5.41, 5.74) is 0.869. The predicted octanol–water partition coefficient (Wildman–Crippen LogP) is 3.34. The first kappa shape index (κ1) is 25.9. The highest BCUT2D eigenvalue weighted by Gasteiger charge is 2.20. The molecule has 0 aliphatic heterocycles. The van der Waals surface area contributed by atoms with Crippen LogP contribution in [0.3, 0.4) is 0 Å². The van der Waals surface area contributed by atoms with Gasteiger partial charge >= 0.3 is 12.0 Å². The monoisotopic (exact) mass is 450 g/mol. The van der Waals surface area contributed by atoms with Crippen LogP contribution < -0.4 is 10.1 Å². The van der Waals surface area contributed by atoms with Gasteiger partial charge in [0.1, 0.15) is 12.4 Å². The summed E-state index contributed by atoms with van der Waals surface area (Å²) in [6.45, 7) is 4.71. The van der Waals surface area contributed by atoms with Crippen LogP contribution in [0.15, 0.2) is 24.3 Å². The molecule has 2 rings (SSSR count). The molecule has 0 heterocycles. The van der Waals surface area contributed by atoms with Crippen LogP contribution >= 0.6 is 0 Å². The number of urea groups is 1. The lowest BCUT2D eigenvalue weighted by atomic mass is 10.0. The van der Waals surface area contributed by atoms with Crippen molar-refractivity contribution in [1.82, 2.24) is 10.2 Å². The van der Waals surface area contributed by atoms with Gasteiger partial charge in [-0.25, -0.2) is 9.59 Å². The SMILES string of the molecule is CCOC(Cc1ccc(OCCN(CCC2CCCC2)C(=O)NCCOC)cc1)C(=O)O. The van der Waals surface area contributed by atoms with Crippen molar-refractivity contribution in [1.29, 1.82) is 0 Å². The van der Waals surface area contributed by atoms with Gasteiger partial charge in [0.25, 0.3) is 0 Å². The molecule has 1 fully saturated rings. The first-order valence-electron chi connectivity index (χ1n) is 11.6. The summed E-state index contributed by atoms with van der Waals surface area (Å²) in [6.07, 6.45) is 5.58. The topological polar surface area (TPSA) is 97.3 Å². The third kappa shape index (κ3) is 9.44. The van der Waals surface area contributed by atoms with E-state index in [2.05, 4.69) is 5.32 Å². The minimum Gasteiger partial charge on any atom is -0.492 e. The number of rotatable bonds is 15. The Bertz CT molecular complexity index is 676. The molecule has 180 valence electrons. The smallest absolute Gasteiger partial charge is 0.333 e. The minimum atomic E-state index is -0.964. The van der Waals surface area contributed by atoms with Crippen LogP contribution in [0.4, 0.5) is 4.79 Å². The zero-order chi connectivity index (χ0) is 23.2. The van der Waals surface area contributed by atoms with E-state index in [4.69, 9.17) is 14.2 Å². The second kappa shape index (κ2) is 14.7. The number of ether oxygens (including phenoxy) is 3. The Balaban J connectivity index is 1.82. The standard InChI is InChI=1S/C24H38N2O6/c1-3-31-22(23(27)28)18-20-8-10-21(11-9-20)32-17-15-26(24(29)25-13-16-30-2)14-12-19-6-4-5-7-19/h8-11,19,22H,3-7,12-18H2,1-2H3,(H,25,29)(H,27,28). The van der Waals surface area contributed by atoms with Crippen LogP contribution in [0.2, 0.25) is 0 Å². The molecule has 8 heteroatoms. The van der Waals surface area contributed by atoms with E-state index in [1.54, 1.807) is 14.0 Å². The highest BCUT2D eigenvalue weighted by atomic mass is 16.5. The molecule has 0 radical (unpaired) electrons. The molecular formula is C24H38N2O6. The molecule has 0 saturated heterocycles. The fourth-order valence-corrected chi connectivity index (χ4v) is 3.95. The number of hydrogen-bond donors (Lipinski definition) is 2. The maximum atomic E-state index is 12.6. The highest BCUT2D eigenvalue weighted by molar-refractivity contribution is 5.74. The van der Waals surface area contributed by atoms with Crippen LogP contribution in [-0.4, -0.2) is 74.7 Å². The predicted molar refractivity (Wildman–Crippen MR) is 122 cm³/mol. The van der Waals surface area contributed by atoms with E-state index in [1.807, 2.05) is 29.2 Å². The normalized spacial score (nSPS) is 14.8. The van der Waals surface area contributed by atoms with Crippen LogP contribution in [0.1, 0.15) is 44.6 Å². The van der Waals surface area contributed by atoms with E-state index in [9.17, 15) is 14.7 Å². The molecule has 8 nitrogen and oxygen atoms in total. The molecule has 0 aromatic heterocycles. The van der Waals surface area contributed by atoms with Gasteiger partial charge in [-0.05, 0) is 37.0 Å². The molecule has 0 bridgehead atoms. The van der Waals surface area contributed by atoms with E-state index >= 15 is 0 Å². The van der Waals surface area contributed by atoms with E-state index in [-0.39, 0.29) is 6.03 Å². The van der Waals surface area contributed by atoms with E-state index in [0.717, 1.165) is 18.5 Å². The number of nitrogens with one attached hydrogen (secondary N) is 1. The van der Waals surface area contributed by atoms with Gasteiger partial charge in [0, 0.05) is 33.2 Å². The van der Waals surface area contributed by atoms with Gasteiger partial charge in [-0.15, -0.1) is 0 Å². The first-order valence-corrected chi connectivity index (χ1v) is 11.6. The van der Waals surface area contributed by atoms with E-state index in [0.29, 0.717) is 51.0 Å². The zero-order valence-corrected chi connectivity index (χ0v) is 19.4. The second-order valence-electron chi connectivity index (χ2n) is 8.13. The first-order chi connectivity index (χ1) is 15.5. The fraction of sp³-hybridized carbons (Fsp3) is 0.667. The van der Waals surface area contributed by atoms with Crippen molar-refractivity contribution in [2.24, 2.45) is 5.92 Å². The van der Waals surface area contributed by atoms with Crippen molar-refractivity contribution in [2.45, 2.75) is 51.6 Å². The van der Waals surface area contributed by atoms with Gasteiger partial charge in [-0.2, -0.15) is 0 Å². The van der Waals surface area contributed by atoms with Gasteiger partial charge < -0.3 is 29.5 Å². The van der Waals surface area contributed by atoms with E-state index in [1.165, 1.54) is 25.7 Å². The number of benzene rings is 1. The number of carbonyl (C=O) groups is 2. The number of carbonyl (C=O) groups excluding carboxylic acids is 1. The molecule has 32 heavy (non-hydrogen) atoms. The van der Waals surface area contributed by atoms with Gasteiger partial charge in [-0.3, -0.25) is 0 Å². The Morgan fingerprint density at radius 3 is 2.50 bits per heavy atom. The number of carboxylic acids is 1. The molecule has 1 saturated carbocycles. The molecule has 2 amide bonds. The molecule has 1 aromatic rings. The zero-order valence-electron chi connectivity index (χ0n) is 19.4. The van der Waals surface area contributed by atoms with Gasteiger partial charge in [-0.1, -0.05) is 37.8 Å². The van der Waals surface area contributed by atoms with Crippen molar-refractivity contribution in [2.75, 3.05) is 46.6 Å². The summed E-state index contributed by atoms with van der Waals surface area (Å²) in [5, 5.41) is 12.1. The Hall–Kier alpha value is -2.32. The maximum Gasteiger partial charge on any atom is 0.333 e. The number of nitrogens with zero attached hydrogens (tertiary/aromatic N) is 1. The summed E-state index contributed by atoms with van der Waals surface area (Å²) < 4.78 is 16.1. The van der Waals surface area contributed by atoms with Crippen LogP contribution in [-0.2, 0) is 20.7 Å². The van der Waals surface area contributed by atoms with Crippen molar-refractivity contribution in [3.05, 3.63) is 29.8 Å². The number of amides is 2. The molecule has 1 unspecified atom stereocenters. The number of methoxy groups -OCH3 is 1. The van der Waals surface area contributed by atoms with Crippen LogP contribution in [0.25, 0.3) is 0 Å². The van der Waals surface area contributed by atoms with Crippen molar-refractivity contribution < 1.29 is 28.9 Å². The number of hydrogen-bond acceptors (Lipinski definition) is 5. The maximum absolute atomic E-state index is 12.6. The summed E-state index contributed by atoms with van der Waals surface area (Å²) >= 11 is 0. The highest BCUT2D eigenvalue weighted by Crippen LogP contribution is 2.27. The quantitative estimate of drug-likeness (QED) is 0.398. The molecular weight excluding hydrogens is 412 g/mol. The summed E-state index contributed by atoms with van der Waals surface area (Å²) in [7, 11) is 1.61. The number of aliphatic carboxylic acids is 1. The van der Waals surface area contributed by atoms with Gasteiger partial charge in [0.15, 0.2) is 6.10 Å². The van der Waals surface area contributed by atoms with E-state index < -0.39 is 12.1 Å². The second-order valence-corrected chi connectivity index (χ2v) is 8.13. The molecule has 1 aliphatic rings. The molecule has 0 spiro atoms.